The molecule has 2 aromatic heterocycles. The molecule has 0 aliphatic carbocycles. The van der Waals surface area contributed by atoms with Gasteiger partial charge in [0.2, 0.25) is 0 Å². The van der Waals surface area contributed by atoms with E-state index in [4.69, 9.17) is 0 Å². The van der Waals surface area contributed by atoms with Gasteiger partial charge in [-0.15, -0.1) is 0 Å². The van der Waals surface area contributed by atoms with Gasteiger partial charge in [0.05, 0.1) is 28.4 Å². The predicted molar refractivity (Wildman–Crippen MR) is 105 cm³/mol. The lowest BCUT2D eigenvalue weighted by atomic mass is 9.78. The normalized spacial score (nSPS) is 24.7. The van der Waals surface area contributed by atoms with Crippen LogP contribution in [0, 0.1) is 12.3 Å². The van der Waals surface area contributed by atoms with Gasteiger partial charge in [0.25, 0.3) is 5.91 Å². The van der Waals surface area contributed by atoms with E-state index in [0.717, 1.165) is 17.0 Å². The Bertz CT molecular complexity index is 1120. The number of amides is 1. The van der Waals surface area contributed by atoms with Crippen molar-refractivity contribution >= 4 is 17.3 Å². The Labute approximate surface area is 163 Å². The van der Waals surface area contributed by atoms with Crippen LogP contribution in [0.4, 0.5) is 0 Å². The molecule has 4 heterocycles. The number of nitrogens with one attached hydrogen (secondary N) is 1. The largest absolute Gasteiger partial charge is 0.347 e. The van der Waals surface area contributed by atoms with Gasteiger partial charge in [-0.1, -0.05) is 24.3 Å². The first-order chi connectivity index (χ1) is 13.5. The maximum absolute atomic E-state index is 13.4. The maximum Gasteiger partial charge on any atom is 0.252 e. The van der Waals surface area contributed by atoms with Gasteiger partial charge in [0.15, 0.2) is 5.78 Å². The fourth-order valence-corrected chi connectivity index (χ4v) is 4.64. The molecular weight excluding hydrogens is 352 g/mol. The number of Topliss-reactive ketones (excluding diaryl/α,β-unsaturated/α-hetero) is 1. The summed E-state index contributed by atoms with van der Waals surface area (Å²) in [5.41, 5.74) is 3.40. The number of aryl methyl sites for hydroxylation is 1. The van der Waals surface area contributed by atoms with Gasteiger partial charge in [0, 0.05) is 31.4 Å². The highest BCUT2D eigenvalue weighted by atomic mass is 16.2. The van der Waals surface area contributed by atoms with Crippen molar-refractivity contribution < 1.29 is 9.59 Å². The molecule has 142 valence electrons. The number of carbonyl (C=O) groups is 2. The molecule has 28 heavy (non-hydrogen) atoms. The van der Waals surface area contributed by atoms with Crippen molar-refractivity contribution in [3.8, 4) is 0 Å². The van der Waals surface area contributed by atoms with Gasteiger partial charge < -0.3 is 9.72 Å². The molecule has 1 N–H and O–H groups in total. The van der Waals surface area contributed by atoms with Crippen LogP contribution in [-0.4, -0.2) is 45.1 Å². The van der Waals surface area contributed by atoms with Crippen molar-refractivity contribution in [2.45, 2.75) is 26.4 Å². The van der Waals surface area contributed by atoms with Gasteiger partial charge in [-0.3, -0.25) is 14.5 Å². The van der Waals surface area contributed by atoms with Crippen LogP contribution < -0.4 is 5.32 Å². The lowest BCUT2D eigenvalue weighted by Gasteiger charge is -2.27. The van der Waals surface area contributed by atoms with Crippen LogP contribution in [0.25, 0.3) is 5.65 Å². The summed E-state index contributed by atoms with van der Waals surface area (Å²) in [5, 5.41) is 3.11. The first kappa shape index (κ1) is 17.1. The van der Waals surface area contributed by atoms with Gasteiger partial charge >= 0.3 is 0 Å². The number of nitrogens with zero attached hydrogens (tertiary/aromatic N) is 3. The second kappa shape index (κ2) is 6.01. The van der Waals surface area contributed by atoms with E-state index < -0.39 is 5.41 Å². The molecule has 5 rings (SSSR count). The van der Waals surface area contributed by atoms with Crippen molar-refractivity contribution in [1.29, 1.82) is 0 Å². The number of hydrogen-bond acceptors (Lipinski definition) is 4. The summed E-state index contributed by atoms with van der Waals surface area (Å²) in [5.74, 6) is -0.116. The number of pyridine rings is 1. The van der Waals surface area contributed by atoms with Crippen molar-refractivity contribution in [2.75, 3.05) is 13.1 Å². The predicted octanol–water partition coefficient (Wildman–Crippen LogP) is 2.46. The maximum atomic E-state index is 13.4. The quantitative estimate of drug-likeness (QED) is 0.748. The summed E-state index contributed by atoms with van der Waals surface area (Å²) in [6.45, 7) is 5.92. The second-order valence-electron chi connectivity index (χ2n) is 8.06. The van der Waals surface area contributed by atoms with Gasteiger partial charge in [-0.25, -0.2) is 4.98 Å². The fourth-order valence-electron chi connectivity index (χ4n) is 4.64. The molecular formula is C22H22N4O2. The topological polar surface area (TPSA) is 66.7 Å². The summed E-state index contributed by atoms with van der Waals surface area (Å²) in [6.07, 6.45) is 2.02. The van der Waals surface area contributed by atoms with E-state index >= 15 is 0 Å². The first-order valence-electron chi connectivity index (χ1n) is 9.57. The molecule has 1 amide bonds. The lowest BCUT2D eigenvalue weighted by molar-refractivity contribution is 0.0789. The van der Waals surface area contributed by atoms with E-state index in [2.05, 4.69) is 19.6 Å². The number of benzene rings is 1. The smallest absolute Gasteiger partial charge is 0.252 e. The molecule has 1 aromatic carbocycles. The number of ketones is 1. The lowest BCUT2D eigenvalue weighted by Crippen LogP contribution is -2.47. The Balaban J connectivity index is 1.48. The number of likely N-dealkylation sites (tertiary alicyclic amines) is 1. The Morgan fingerprint density at radius 3 is 2.71 bits per heavy atom. The standard InChI is InChI=1S/C22H22N4O2/c1-14-17(26-10-6-5-9-19(26)23-14)11-25-12-18-22(2,13-25)20(27)15-7-3-4-8-16(15)21(28)24-18/h3-10,18H,11-13H2,1-2H3,(H,24,28)/t18-,22+/m1/s1. The molecule has 2 aliphatic rings. The molecule has 0 saturated carbocycles. The minimum Gasteiger partial charge on any atom is -0.347 e. The highest BCUT2D eigenvalue weighted by Gasteiger charge is 2.51. The minimum atomic E-state index is -0.642. The summed E-state index contributed by atoms with van der Waals surface area (Å²) < 4.78 is 2.10. The SMILES string of the molecule is Cc1nc2ccccn2c1CN1C[C@H]2NC(=O)c3ccccc3C(=O)[C@@]2(C)C1. The minimum absolute atomic E-state index is 0.0452. The van der Waals surface area contributed by atoms with Gasteiger partial charge in [0.1, 0.15) is 5.65 Å². The average molecular weight is 374 g/mol. The Hall–Kier alpha value is -2.99. The van der Waals surface area contributed by atoms with Crippen LogP contribution in [-0.2, 0) is 6.54 Å². The third-order valence-corrected chi connectivity index (χ3v) is 6.20. The third kappa shape index (κ3) is 2.41. The molecule has 6 heteroatoms. The van der Waals surface area contributed by atoms with Crippen LogP contribution in [0.15, 0.2) is 48.7 Å². The molecule has 0 radical (unpaired) electrons. The molecule has 6 nitrogen and oxygen atoms in total. The third-order valence-electron chi connectivity index (χ3n) is 6.20. The second-order valence-corrected chi connectivity index (χ2v) is 8.06. The van der Waals surface area contributed by atoms with Crippen LogP contribution in [0.2, 0.25) is 0 Å². The van der Waals surface area contributed by atoms with Crippen LogP contribution in [0.5, 0.6) is 0 Å². The van der Waals surface area contributed by atoms with E-state index in [1.807, 2.05) is 44.3 Å². The first-order valence-corrected chi connectivity index (χ1v) is 9.57. The molecule has 1 fully saturated rings. The van der Waals surface area contributed by atoms with Crippen LogP contribution >= 0.6 is 0 Å². The van der Waals surface area contributed by atoms with Crippen molar-refractivity contribution in [3.63, 3.8) is 0 Å². The Kier molecular flexibility index (Phi) is 3.67. The number of imidazole rings is 1. The monoisotopic (exact) mass is 374 g/mol. The van der Waals surface area contributed by atoms with E-state index in [1.54, 1.807) is 18.2 Å². The molecule has 0 bridgehead atoms. The van der Waals surface area contributed by atoms with Crippen molar-refractivity contribution in [1.82, 2.24) is 19.6 Å². The van der Waals surface area contributed by atoms with E-state index in [0.29, 0.717) is 30.8 Å². The summed E-state index contributed by atoms with van der Waals surface area (Å²) in [4.78, 5) is 33.0. The Morgan fingerprint density at radius 1 is 1.14 bits per heavy atom. The van der Waals surface area contributed by atoms with E-state index in [-0.39, 0.29) is 17.7 Å². The fraction of sp³-hybridized carbons (Fsp3) is 0.318. The zero-order valence-corrected chi connectivity index (χ0v) is 16.0. The summed E-state index contributed by atoms with van der Waals surface area (Å²) >= 11 is 0. The molecule has 1 saturated heterocycles. The molecule has 3 aromatic rings. The highest BCUT2D eigenvalue weighted by molar-refractivity contribution is 6.12. The van der Waals surface area contributed by atoms with Gasteiger partial charge in [-0.2, -0.15) is 0 Å². The van der Waals surface area contributed by atoms with Gasteiger partial charge in [-0.05, 0) is 32.0 Å². The number of fused-ring (bicyclic) bond motifs is 3. The zero-order chi connectivity index (χ0) is 19.5. The number of aromatic nitrogens is 2. The average Bonchev–Trinajstić information content (AvgIpc) is 3.16. The van der Waals surface area contributed by atoms with Crippen LogP contribution in [0.1, 0.15) is 39.0 Å². The van der Waals surface area contributed by atoms with Crippen LogP contribution in [0.3, 0.4) is 0 Å². The van der Waals surface area contributed by atoms with E-state index in [1.165, 1.54) is 0 Å². The Morgan fingerprint density at radius 2 is 1.89 bits per heavy atom. The molecule has 0 unspecified atom stereocenters. The van der Waals surface area contributed by atoms with E-state index in [9.17, 15) is 9.59 Å². The van der Waals surface area contributed by atoms with Crippen molar-refractivity contribution in [3.05, 3.63) is 71.2 Å². The summed E-state index contributed by atoms with van der Waals surface area (Å²) in [6, 6.07) is 12.9. The molecule has 2 aliphatic heterocycles. The molecule has 0 spiro atoms. The highest BCUT2D eigenvalue weighted by Crippen LogP contribution is 2.38. The number of carbonyl (C=O) groups excluding carboxylic acids is 2. The summed E-state index contributed by atoms with van der Waals surface area (Å²) in [7, 11) is 0. The van der Waals surface area contributed by atoms with Crippen molar-refractivity contribution in [2.24, 2.45) is 5.41 Å². The number of rotatable bonds is 2. The molecule has 2 atom stereocenters. The zero-order valence-electron chi connectivity index (χ0n) is 16.0. The number of hydrogen-bond donors (Lipinski definition) is 1.